The molecule has 0 aromatic carbocycles. The van der Waals surface area contributed by atoms with E-state index in [9.17, 15) is 4.79 Å². The van der Waals surface area contributed by atoms with Gasteiger partial charge in [0.2, 0.25) is 5.91 Å². The lowest BCUT2D eigenvalue weighted by molar-refractivity contribution is -0.128. The van der Waals surface area contributed by atoms with Crippen molar-refractivity contribution in [2.45, 2.75) is 58.5 Å². The Morgan fingerprint density at radius 3 is 2.73 bits per heavy atom. The summed E-state index contributed by atoms with van der Waals surface area (Å²) in [6.45, 7) is 9.39. The molecule has 1 saturated heterocycles. The van der Waals surface area contributed by atoms with Crippen molar-refractivity contribution < 1.29 is 4.79 Å². The number of piperidine rings is 1. The minimum Gasteiger partial charge on any atom is -0.351 e. The third-order valence-corrected chi connectivity index (χ3v) is 3.44. The number of rotatable bonds is 3. The van der Waals surface area contributed by atoms with E-state index in [4.69, 9.17) is 0 Å². The SMILES string of the molecule is CCC(C)(C)NC(=O)[C@@H]1CCCN[C@@H]1C. The van der Waals surface area contributed by atoms with Crippen LogP contribution in [0.1, 0.15) is 47.0 Å². The summed E-state index contributed by atoms with van der Waals surface area (Å²) in [6.07, 6.45) is 3.09. The molecule has 0 bridgehead atoms. The molecule has 0 aromatic heterocycles. The van der Waals surface area contributed by atoms with Gasteiger partial charge in [-0.15, -0.1) is 0 Å². The van der Waals surface area contributed by atoms with Gasteiger partial charge in [-0.25, -0.2) is 0 Å². The number of hydrogen-bond donors (Lipinski definition) is 2. The van der Waals surface area contributed by atoms with Crippen molar-refractivity contribution in [1.29, 1.82) is 0 Å². The lowest BCUT2D eigenvalue weighted by atomic mass is 9.90. The van der Waals surface area contributed by atoms with E-state index in [2.05, 4.69) is 38.3 Å². The van der Waals surface area contributed by atoms with E-state index in [-0.39, 0.29) is 17.4 Å². The predicted molar refractivity (Wildman–Crippen MR) is 62.7 cm³/mol. The first-order valence-electron chi connectivity index (χ1n) is 6.01. The van der Waals surface area contributed by atoms with Gasteiger partial charge in [0.15, 0.2) is 0 Å². The Labute approximate surface area is 93.0 Å². The first kappa shape index (κ1) is 12.5. The van der Waals surface area contributed by atoms with Crippen molar-refractivity contribution in [2.75, 3.05) is 6.54 Å². The van der Waals surface area contributed by atoms with Crippen LogP contribution in [-0.4, -0.2) is 24.0 Å². The minimum absolute atomic E-state index is 0.0751. The van der Waals surface area contributed by atoms with E-state index in [1.807, 2.05) is 0 Å². The molecule has 3 nitrogen and oxygen atoms in total. The molecule has 15 heavy (non-hydrogen) atoms. The molecule has 2 N–H and O–H groups in total. The van der Waals surface area contributed by atoms with Gasteiger partial charge in [0.25, 0.3) is 0 Å². The van der Waals surface area contributed by atoms with E-state index >= 15 is 0 Å². The number of amides is 1. The van der Waals surface area contributed by atoms with Crippen LogP contribution in [0.15, 0.2) is 0 Å². The highest BCUT2D eigenvalue weighted by Crippen LogP contribution is 2.18. The third kappa shape index (κ3) is 3.49. The quantitative estimate of drug-likeness (QED) is 0.747. The van der Waals surface area contributed by atoms with Gasteiger partial charge in [0.05, 0.1) is 5.92 Å². The highest BCUT2D eigenvalue weighted by Gasteiger charge is 2.30. The summed E-state index contributed by atoms with van der Waals surface area (Å²) in [5, 5.41) is 6.48. The molecular formula is C12H24N2O. The fourth-order valence-corrected chi connectivity index (χ4v) is 1.92. The van der Waals surface area contributed by atoms with Gasteiger partial charge in [-0.1, -0.05) is 6.92 Å². The van der Waals surface area contributed by atoms with Crippen LogP contribution >= 0.6 is 0 Å². The second-order valence-electron chi connectivity index (χ2n) is 5.22. The molecule has 1 amide bonds. The Balaban J connectivity index is 2.52. The van der Waals surface area contributed by atoms with Crippen molar-refractivity contribution in [3.63, 3.8) is 0 Å². The van der Waals surface area contributed by atoms with Crippen LogP contribution in [0.4, 0.5) is 0 Å². The van der Waals surface area contributed by atoms with Crippen LogP contribution in [0.25, 0.3) is 0 Å². The smallest absolute Gasteiger partial charge is 0.225 e. The summed E-state index contributed by atoms with van der Waals surface area (Å²) >= 11 is 0. The molecule has 0 saturated carbocycles. The highest BCUT2D eigenvalue weighted by atomic mass is 16.2. The molecule has 1 aliphatic rings. The summed E-state index contributed by atoms with van der Waals surface area (Å²) in [5.41, 5.74) is -0.0751. The van der Waals surface area contributed by atoms with E-state index in [1.54, 1.807) is 0 Å². The maximum Gasteiger partial charge on any atom is 0.225 e. The minimum atomic E-state index is -0.0751. The third-order valence-electron chi connectivity index (χ3n) is 3.44. The second kappa shape index (κ2) is 4.97. The average molecular weight is 212 g/mol. The zero-order valence-corrected chi connectivity index (χ0v) is 10.4. The summed E-state index contributed by atoms with van der Waals surface area (Å²) < 4.78 is 0. The van der Waals surface area contributed by atoms with Crippen LogP contribution in [-0.2, 0) is 4.79 Å². The number of nitrogens with one attached hydrogen (secondary N) is 2. The molecule has 0 spiro atoms. The number of carbonyl (C=O) groups excluding carboxylic acids is 1. The summed E-state index contributed by atoms with van der Waals surface area (Å²) in [5.74, 6) is 0.353. The van der Waals surface area contributed by atoms with Gasteiger partial charge in [0, 0.05) is 11.6 Å². The lowest BCUT2D eigenvalue weighted by Crippen LogP contribution is -2.52. The molecule has 0 unspecified atom stereocenters. The maximum absolute atomic E-state index is 12.0. The van der Waals surface area contributed by atoms with Crippen LogP contribution in [0.2, 0.25) is 0 Å². The normalized spacial score (nSPS) is 27.5. The van der Waals surface area contributed by atoms with E-state index in [1.165, 1.54) is 0 Å². The Morgan fingerprint density at radius 1 is 1.53 bits per heavy atom. The van der Waals surface area contributed by atoms with Gasteiger partial charge in [-0.05, 0) is 46.6 Å². The highest BCUT2D eigenvalue weighted by molar-refractivity contribution is 5.80. The van der Waals surface area contributed by atoms with E-state index in [0.29, 0.717) is 6.04 Å². The predicted octanol–water partition coefficient (Wildman–Crippen LogP) is 1.68. The largest absolute Gasteiger partial charge is 0.351 e. The zero-order chi connectivity index (χ0) is 11.5. The van der Waals surface area contributed by atoms with Crippen molar-refractivity contribution in [1.82, 2.24) is 10.6 Å². The van der Waals surface area contributed by atoms with Crippen LogP contribution < -0.4 is 10.6 Å². The van der Waals surface area contributed by atoms with E-state index in [0.717, 1.165) is 25.8 Å². The summed E-state index contributed by atoms with van der Waals surface area (Å²) in [4.78, 5) is 12.0. The fraction of sp³-hybridized carbons (Fsp3) is 0.917. The zero-order valence-electron chi connectivity index (χ0n) is 10.4. The van der Waals surface area contributed by atoms with Gasteiger partial charge in [-0.2, -0.15) is 0 Å². The van der Waals surface area contributed by atoms with Gasteiger partial charge >= 0.3 is 0 Å². The molecule has 1 fully saturated rings. The molecule has 1 rings (SSSR count). The number of carbonyl (C=O) groups is 1. The Hall–Kier alpha value is -0.570. The molecule has 1 aliphatic heterocycles. The van der Waals surface area contributed by atoms with Gasteiger partial charge in [0.1, 0.15) is 0 Å². The monoisotopic (exact) mass is 212 g/mol. The first-order chi connectivity index (χ1) is 6.96. The van der Waals surface area contributed by atoms with E-state index < -0.39 is 0 Å². The molecule has 88 valence electrons. The Bertz CT molecular complexity index is 226. The van der Waals surface area contributed by atoms with Crippen molar-refractivity contribution in [3.8, 4) is 0 Å². The van der Waals surface area contributed by atoms with Crippen LogP contribution in [0.3, 0.4) is 0 Å². The van der Waals surface area contributed by atoms with Crippen LogP contribution in [0.5, 0.6) is 0 Å². The van der Waals surface area contributed by atoms with Crippen molar-refractivity contribution in [3.05, 3.63) is 0 Å². The topological polar surface area (TPSA) is 41.1 Å². The molecule has 3 heteroatoms. The fourth-order valence-electron chi connectivity index (χ4n) is 1.92. The summed E-state index contributed by atoms with van der Waals surface area (Å²) in [6, 6.07) is 0.311. The molecule has 0 aliphatic carbocycles. The molecule has 2 atom stereocenters. The Kier molecular flexibility index (Phi) is 4.14. The maximum atomic E-state index is 12.0. The van der Waals surface area contributed by atoms with Crippen LogP contribution in [0, 0.1) is 5.92 Å². The number of hydrogen-bond acceptors (Lipinski definition) is 2. The lowest BCUT2D eigenvalue weighted by Gasteiger charge is -2.33. The molecule has 1 heterocycles. The van der Waals surface area contributed by atoms with Gasteiger partial charge in [-0.3, -0.25) is 4.79 Å². The molecule has 0 aromatic rings. The second-order valence-corrected chi connectivity index (χ2v) is 5.22. The molecule has 0 radical (unpaired) electrons. The summed E-state index contributed by atoms with van der Waals surface area (Å²) in [7, 11) is 0. The standard InChI is InChI=1S/C12H24N2O/c1-5-12(3,4)14-11(15)10-7-6-8-13-9(10)2/h9-10,13H,5-8H2,1-4H3,(H,14,15)/t9-,10-/m1/s1. The molecular weight excluding hydrogens is 188 g/mol. The van der Waals surface area contributed by atoms with Crippen molar-refractivity contribution >= 4 is 5.91 Å². The van der Waals surface area contributed by atoms with Gasteiger partial charge < -0.3 is 10.6 Å². The first-order valence-corrected chi connectivity index (χ1v) is 6.01. The average Bonchev–Trinajstić information content (AvgIpc) is 2.17. The van der Waals surface area contributed by atoms with Crippen molar-refractivity contribution in [2.24, 2.45) is 5.92 Å². The Morgan fingerprint density at radius 2 is 2.20 bits per heavy atom.